The van der Waals surface area contributed by atoms with Crippen LogP contribution >= 0.6 is 0 Å². The minimum absolute atomic E-state index is 0.0421. The molecule has 1 saturated heterocycles. The summed E-state index contributed by atoms with van der Waals surface area (Å²) in [6.07, 6.45) is 4.47. The first-order chi connectivity index (χ1) is 13.6. The van der Waals surface area contributed by atoms with Gasteiger partial charge in [0.2, 0.25) is 5.91 Å². The van der Waals surface area contributed by atoms with Gasteiger partial charge in [0, 0.05) is 18.8 Å². The Labute approximate surface area is 160 Å². The molecule has 0 radical (unpaired) electrons. The number of nitrogens with zero attached hydrogens (tertiary/aromatic N) is 4. The summed E-state index contributed by atoms with van der Waals surface area (Å²) < 4.78 is 14.7. The Morgan fingerprint density at radius 1 is 1.14 bits per heavy atom. The number of carbonyl (C=O) groups is 2. The number of hydrogen-bond donors (Lipinski definition) is 2. The lowest BCUT2D eigenvalue weighted by Gasteiger charge is -2.27. The molecule has 9 heteroatoms. The van der Waals surface area contributed by atoms with Gasteiger partial charge in [0.25, 0.3) is 5.91 Å². The van der Waals surface area contributed by atoms with E-state index >= 15 is 0 Å². The number of aromatic nitrogens is 3. The Morgan fingerprint density at radius 3 is 2.68 bits per heavy atom. The second-order valence-corrected chi connectivity index (χ2v) is 6.26. The van der Waals surface area contributed by atoms with Crippen LogP contribution in [0.2, 0.25) is 0 Å². The van der Waals surface area contributed by atoms with Crippen LogP contribution in [0.25, 0.3) is 5.69 Å². The van der Waals surface area contributed by atoms with Crippen LogP contribution in [0.15, 0.2) is 55.1 Å². The van der Waals surface area contributed by atoms with Gasteiger partial charge in [-0.3, -0.25) is 14.2 Å². The van der Waals surface area contributed by atoms with Crippen LogP contribution in [0.4, 0.5) is 15.9 Å². The zero-order valence-electron chi connectivity index (χ0n) is 14.8. The summed E-state index contributed by atoms with van der Waals surface area (Å²) in [6.45, 7) is 1.52. The molecule has 0 unspecified atom stereocenters. The van der Waals surface area contributed by atoms with Crippen LogP contribution in [-0.2, 0) is 4.79 Å². The summed E-state index contributed by atoms with van der Waals surface area (Å²) >= 11 is 0. The number of amides is 2. The molecule has 0 aliphatic carbocycles. The minimum Gasteiger partial charge on any atom is -0.353 e. The number of nitrogens with one attached hydrogen (secondary N) is 2. The molecule has 3 aromatic rings. The van der Waals surface area contributed by atoms with Gasteiger partial charge in [-0.25, -0.2) is 14.4 Å². The molecule has 0 spiro atoms. The number of rotatable bonds is 4. The van der Waals surface area contributed by atoms with E-state index in [0.717, 1.165) is 0 Å². The number of halogens is 1. The monoisotopic (exact) mass is 380 g/mol. The van der Waals surface area contributed by atoms with Crippen molar-refractivity contribution in [1.29, 1.82) is 0 Å². The number of pyridine rings is 1. The number of carbonyl (C=O) groups excluding carboxylic acids is 2. The van der Waals surface area contributed by atoms with Gasteiger partial charge in [0.05, 0.1) is 31.0 Å². The molecule has 2 N–H and O–H groups in total. The fraction of sp³-hybridized carbons (Fsp3) is 0.158. The van der Waals surface area contributed by atoms with Crippen molar-refractivity contribution in [1.82, 2.24) is 19.9 Å². The maximum Gasteiger partial charge on any atom is 0.274 e. The van der Waals surface area contributed by atoms with Gasteiger partial charge < -0.3 is 15.5 Å². The van der Waals surface area contributed by atoms with Crippen molar-refractivity contribution in [3.8, 4) is 5.69 Å². The predicted molar refractivity (Wildman–Crippen MR) is 101 cm³/mol. The Hall–Kier alpha value is -3.75. The molecule has 142 valence electrons. The summed E-state index contributed by atoms with van der Waals surface area (Å²) in [5, 5.41) is 5.53. The molecule has 1 aliphatic rings. The second kappa shape index (κ2) is 7.47. The average Bonchev–Trinajstić information content (AvgIpc) is 3.19. The van der Waals surface area contributed by atoms with E-state index in [1.165, 1.54) is 24.7 Å². The molecule has 0 atom stereocenters. The van der Waals surface area contributed by atoms with Gasteiger partial charge in [-0.05, 0) is 36.4 Å². The van der Waals surface area contributed by atoms with Crippen molar-refractivity contribution < 1.29 is 14.0 Å². The van der Waals surface area contributed by atoms with E-state index in [1.54, 1.807) is 35.0 Å². The highest BCUT2D eigenvalue weighted by molar-refractivity contribution is 6.03. The lowest BCUT2D eigenvalue weighted by molar-refractivity contribution is -0.120. The fourth-order valence-corrected chi connectivity index (χ4v) is 2.95. The molecule has 0 saturated carbocycles. The Balaban J connectivity index is 1.48. The minimum atomic E-state index is -0.367. The first kappa shape index (κ1) is 17.7. The van der Waals surface area contributed by atoms with Crippen LogP contribution in [0.5, 0.6) is 0 Å². The van der Waals surface area contributed by atoms with Gasteiger partial charge in [0.15, 0.2) is 0 Å². The zero-order valence-corrected chi connectivity index (χ0v) is 14.8. The highest BCUT2D eigenvalue weighted by Gasteiger charge is 2.18. The maximum atomic E-state index is 13.1. The van der Waals surface area contributed by atoms with Crippen molar-refractivity contribution in [2.24, 2.45) is 0 Å². The first-order valence-electron chi connectivity index (χ1n) is 8.67. The Morgan fingerprint density at radius 2 is 1.96 bits per heavy atom. The van der Waals surface area contributed by atoms with Crippen LogP contribution in [-0.4, -0.2) is 46.0 Å². The van der Waals surface area contributed by atoms with Gasteiger partial charge in [0.1, 0.15) is 17.3 Å². The third-order valence-electron chi connectivity index (χ3n) is 4.34. The van der Waals surface area contributed by atoms with Crippen LogP contribution in [0.3, 0.4) is 0 Å². The topological polar surface area (TPSA) is 92.2 Å². The summed E-state index contributed by atoms with van der Waals surface area (Å²) in [5.41, 5.74) is 1.45. The van der Waals surface area contributed by atoms with E-state index < -0.39 is 0 Å². The maximum absolute atomic E-state index is 13.1. The number of benzene rings is 1. The van der Waals surface area contributed by atoms with Crippen molar-refractivity contribution in [3.63, 3.8) is 0 Å². The lowest BCUT2D eigenvalue weighted by atomic mass is 10.3. The molecule has 3 heterocycles. The molecule has 2 aromatic heterocycles. The summed E-state index contributed by atoms with van der Waals surface area (Å²) in [4.78, 5) is 34.3. The van der Waals surface area contributed by atoms with Crippen molar-refractivity contribution in [2.45, 2.75) is 0 Å². The molecule has 0 bridgehead atoms. The third-order valence-corrected chi connectivity index (χ3v) is 4.34. The normalized spacial score (nSPS) is 13.9. The van der Waals surface area contributed by atoms with Crippen molar-refractivity contribution >= 4 is 23.3 Å². The summed E-state index contributed by atoms with van der Waals surface area (Å²) in [5.74, 6) is -0.0929. The predicted octanol–water partition coefficient (Wildman–Crippen LogP) is 1.59. The number of anilines is 2. The van der Waals surface area contributed by atoms with Gasteiger partial charge in [-0.2, -0.15) is 0 Å². The van der Waals surface area contributed by atoms with Crippen LogP contribution < -0.4 is 15.5 Å². The molecule has 2 amide bonds. The third kappa shape index (κ3) is 3.68. The zero-order chi connectivity index (χ0) is 19.5. The van der Waals surface area contributed by atoms with Crippen LogP contribution in [0.1, 0.15) is 10.5 Å². The summed E-state index contributed by atoms with van der Waals surface area (Å²) in [7, 11) is 0. The van der Waals surface area contributed by atoms with Crippen molar-refractivity contribution in [3.05, 3.63) is 66.6 Å². The number of hydrogen-bond acceptors (Lipinski definition) is 5. The number of imidazole rings is 1. The molecular weight excluding hydrogens is 363 g/mol. The molecule has 28 heavy (non-hydrogen) atoms. The first-order valence-corrected chi connectivity index (χ1v) is 8.67. The Bertz CT molecular complexity index is 1000. The van der Waals surface area contributed by atoms with Gasteiger partial charge >= 0.3 is 0 Å². The average molecular weight is 380 g/mol. The van der Waals surface area contributed by atoms with E-state index in [1.807, 2.05) is 4.90 Å². The molecule has 8 nitrogen and oxygen atoms in total. The largest absolute Gasteiger partial charge is 0.353 e. The lowest BCUT2D eigenvalue weighted by Crippen LogP contribution is -2.48. The van der Waals surface area contributed by atoms with Crippen molar-refractivity contribution in [2.75, 3.05) is 29.9 Å². The molecule has 1 aliphatic heterocycles. The van der Waals surface area contributed by atoms with E-state index in [-0.39, 0.29) is 24.2 Å². The molecular formula is C19H17FN6O2. The van der Waals surface area contributed by atoms with Crippen LogP contribution in [0, 0.1) is 5.82 Å². The molecule has 4 rings (SSSR count). The van der Waals surface area contributed by atoms with Gasteiger partial charge in [-0.15, -0.1) is 0 Å². The van der Waals surface area contributed by atoms with E-state index in [0.29, 0.717) is 36.0 Å². The molecule has 1 fully saturated rings. The smallest absolute Gasteiger partial charge is 0.274 e. The number of piperazine rings is 1. The van der Waals surface area contributed by atoms with E-state index in [4.69, 9.17) is 0 Å². The molecule has 1 aromatic carbocycles. The standard InChI is InChI=1S/C19H17FN6O2/c20-13-1-4-15(5-2-13)26-12-21-10-16(26)19(28)24-14-3-6-17(23-9-14)25-8-7-22-18(27)11-25/h1-6,9-10,12H,7-8,11H2,(H,22,27)(H,24,28). The second-order valence-electron chi connectivity index (χ2n) is 6.26. The van der Waals surface area contributed by atoms with E-state index in [2.05, 4.69) is 20.6 Å². The quantitative estimate of drug-likeness (QED) is 0.717. The SMILES string of the molecule is O=C1CN(c2ccc(NC(=O)c3cncn3-c3ccc(F)cc3)cn2)CCN1. The van der Waals surface area contributed by atoms with E-state index in [9.17, 15) is 14.0 Å². The fourth-order valence-electron chi connectivity index (χ4n) is 2.95. The highest BCUT2D eigenvalue weighted by atomic mass is 19.1. The Kier molecular flexibility index (Phi) is 4.71. The van der Waals surface area contributed by atoms with Gasteiger partial charge in [-0.1, -0.05) is 0 Å². The highest BCUT2D eigenvalue weighted by Crippen LogP contribution is 2.17. The summed E-state index contributed by atoms with van der Waals surface area (Å²) in [6, 6.07) is 9.26.